The number of rotatable bonds is 9. The molecule has 148 valence electrons. The molecule has 10 heteroatoms. The van der Waals surface area contributed by atoms with Crippen LogP contribution in [0.25, 0.3) is 0 Å². The molecule has 0 amide bonds. The molecule has 0 aliphatic carbocycles. The Morgan fingerprint density at radius 2 is 1.71 bits per heavy atom. The topological polar surface area (TPSA) is 97.0 Å². The number of hydrogen-bond acceptors (Lipinski definition) is 6. The number of benzene rings is 2. The van der Waals surface area contributed by atoms with E-state index in [1.807, 2.05) is 24.3 Å². The van der Waals surface area contributed by atoms with Crippen molar-refractivity contribution in [1.82, 2.24) is 20.1 Å². The molecule has 0 saturated heterocycles. The van der Waals surface area contributed by atoms with Gasteiger partial charge in [-0.15, -0.1) is 0 Å². The van der Waals surface area contributed by atoms with Crippen LogP contribution in [-0.2, 0) is 28.1 Å². The summed E-state index contributed by atoms with van der Waals surface area (Å²) in [6.07, 6.45) is 0. The van der Waals surface area contributed by atoms with Gasteiger partial charge >= 0.3 is 0 Å². The number of hydrogen-bond donors (Lipinski definition) is 2. The molecule has 0 aliphatic heterocycles. The second-order valence-electron chi connectivity index (χ2n) is 5.84. The summed E-state index contributed by atoms with van der Waals surface area (Å²) in [5.41, 5.74) is 2.51. The Hall–Kier alpha value is -1.63. The third-order valence-electron chi connectivity index (χ3n) is 3.92. The van der Waals surface area contributed by atoms with Crippen molar-refractivity contribution in [2.24, 2.45) is 0 Å². The van der Waals surface area contributed by atoms with Crippen LogP contribution in [0.3, 0.4) is 0 Å². The van der Waals surface area contributed by atoms with Crippen molar-refractivity contribution in [1.29, 1.82) is 0 Å². The first-order valence-corrected chi connectivity index (χ1v) is 12.0. The Kier molecular flexibility index (Phi) is 7.32. The molecule has 3 rings (SSSR count). The molecular formula is C18H19IN4O3S2. The van der Waals surface area contributed by atoms with E-state index in [1.54, 1.807) is 43.1 Å². The summed E-state index contributed by atoms with van der Waals surface area (Å²) in [6, 6.07) is 14.6. The molecule has 2 aromatic carbocycles. The van der Waals surface area contributed by atoms with Crippen LogP contribution in [0.5, 0.6) is 5.75 Å². The van der Waals surface area contributed by atoms with Gasteiger partial charge in [0.05, 0.1) is 24.2 Å². The number of H-pyrrole nitrogens is 1. The molecule has 0 fully saturated rings. The van der Waals surface area contributed by atoms with E-state index in [-0.39, 0.29) is 11.4 Å². The molecule has 7 nitrogen and oxygen atoms in total. The van der Waals surface area contributed by atoms with Gasteiger partial charge in [0.2, 0.25) is 10.0 Å². The van der Waals surface area contributed by atoms with Gasteiger partial charge in [0.25, 0.3) is 0 Å². The van der Waals surface area contributed by atoms with Crippen LogP contribution in [0, 0.1) is 3.57 Å². The summed E-state index contributed by atoms with van der Waals surface area (Å²) >= 11 is 3.81. The van der Waals surface area contributed by atoms with E-state index in [9.17, 15) is 8.42 Å². The molecule has 1 heterocycles. The minimum Gasteiger partial charge on any atom is -0.497 e. The maximum atomic E-state index is 12.4. The van der Waals surface area contributed by atoms with Gasteiger partial charge in [0.15, 0.2) is 0 Å². The number of sulfonamides is 1. The summed E-state index contributed by atoms with van der Waals surface area (Å²) < 4.78 is 33.5. The second-order valence-corrected chi connectivity index (χ2v) is 9.83. The van der Waals surface area contributed by atoms with Crippen molar-refractivity contribution in [3.8, 4) is 5.75 Å². The standard InChI is InChI=1S/C18H19IN4O3S2/c1-26-15-6-2-13(3-7-15)11-27-12-18-17(21-23-22-18)10-20-28(24,25)16-8-4-14(19)5-9-16/h2-9,20H,10-12H2,1H3,(H,21,22,23). The summed E-state index contributed by atoms with van der Waals surface area (Å²) in [4.78, 5) is 0.229. The molecular weight excluding hydrogens is 511 g/mol. The first-order chi connectivity index (χ1) is 13.5. The Balaban J connectivity index is 1.55. The molecule has 0 radical (unpaired) electrons. The van der Waals surface area contributed by atoms with Gasteiger partial charge in [-0.1, -0.05) is 12.1 Å². The van der Waals surface area contributed by atoms with Crippen LogP contribution in [0.2, 0.25) is 0 Å². The van der Waals surface area contributed by atoms with Crippen molar-refractivity contribution in [2.45, 2.75) is 22.9 Å². The second kappa shape index (κ2) is 9.72. The zero-order valence-electron chi connectivity index (χ0n) is 15.1. The van der Waals surface area contributed by atoms with Crippen molar-refractivity contribution in [2.75, 3.05) is 7.11 Å². The summed E-state index contributed by atoms with van der Waals surface area (Å²) in [6.45, 7) is 0.0866. The van der Waals surface area contributed by atoms with Crippen LogP contribution < -0.4 is 9.46 Å². The highest BCUT2D eigenvalue weighted by atomic mass is 127. The van der Waals surface area contributed by atoms with E-state index in [1.165, 1.54) is 5.56 Å². The van der Waals surface area contributed by atoms with E-state index < -0.39 is 10.0 Å². The molecule has 0 bridgehead atoms. The molecule has 0 saturated carbocycles. The average molecular weight is 530 g/mol. The van der Waals surface area contributed by atoms with Crippen molar-refractivity contribution in [3.05, 3.63) is 69.1 Å². The normalized spacial score (nSPS) is 11.5. The third-order valence-corrected chi connectivity index (χ3v) is 7.07. The average Bonchev–Trinajstić information content (AvgIpc) is 3.15. The predicted octanol–water partition coefficient (Wildman–Crippen LogP) is 3.33. The highest BCUT2D eigenvalue weighted by Crippen LogP contribution is 2.20. The first kappa shape index (κ1) is 21.1. The van der Waals surface area contributed by atoms with E-state index in [0.29, 0.717) is 11.4 Å². The van der Waals surface area contributed by atoms with Gasteiger partial charge < -0.3 is 4.74 Å². The molecule has 2 N–H and O–H groups in total. The number of nitrogens with one attached hydrogen (secondary N) is 2. The van der Waals surface area contributed by atoms with E-state index in [2.05, 4.69) is 42.7 Å². The summed E-state index contributed by atoms with van der Waals surface area (Å²) in [7, 11) is -1.95. The van der Waals surface area contributed by atoms with E-state index in [4.69, 9.17) is 4.74 Å². The van der Waals surface area contributed by atoms with Gasteiger partial charge in [-0.3, -0.25) is 0 Å². The van der Waals surface area contributed by atoms with E-state index >= 15 is 0 Å². The Bertz CT molecular complexity index is 1010. The Morgan fingerprint density at radius 1 is 1.04 bits per heavy atom. The van der Waals surface area contributed by atoms with Gasteiger partial charge in [0.1, 0.15) is 11.4 Å². The highest BCUT2D eigenvalue weighted by Gasteiger charge is 2.16. The largest absolute Gasteiger partial charge is 0.497 e. The zero-order chi connectivity index (χ0) is 20.0. The highest BCUT2D eigenvalue weighted by molar-refractivity contribution is 14.1. The fourth-order valence-electron chi connectivity index (χ4n) is 2.38. The Labute approximate surface area is 181 Å². The first-order valence-electron chi connectivity index (χ1n) is 8.32. The fourth-order valence-corrected chi connectivity index (χ4v) is 4.68. The molecule has 3 aromatic rings. The van der Waals surface area contributed by atoms with E-state index in [0.717, 1.165) is 20.8 Å². The lowest BCUT2D eigenvalue weighted by molar-refractivity contribution is 0.414. The van der Waals surface area contributed by atoms with Crippen molar-refractivity contribution < 1.29 is 13.2 Å². The van der Waals surface area contributed by atoms with Crippen molar-refractivity contribution in [3.63, 3.8) is 0 Å². The monoisotopic (exact) mass is 530 g/mol. The molecule has 1 aromatic heterocycles. The van der Waals surface area contributed by atoms with Gasteiger partial charge in [0, 0.05) is 15.1 Å². The molecule has 0 aliphatic rings. The number of halogens is 1. The summed E-state index contributed by atoms with van der Waals surface area (Å²) in [5.74, 6) is 2.27. The third kappa shape index (κ3) is 5.69. The number of aromatic nitrogens is 3. The predicted molar refractivity (Wildman–Crippen MR) is 118 cm³/mol. The van der Waals surface area contributed by atoms with Crippen LogP contribution in [0.15, 0.2) is 53.4 Å². The minimum atomic E-state index is -3.59. The SMILES string of the molecule is COc1ccc(CSCc2n[nH]nc2CNS(=O)(=O)c2ccc(I)cc2)cc1. The molecule has 0 unspecified atom stereocenters. The van der Waals surface area contributed by atoms with Gasteiger partial charge in [-0.05, 0) is 64.6 Å². The number of thioether (sulfide) groups is 1. The smallest absolute Gasteiger partial charge is 0.240 e. The van der Waals surface area contributed by atoms with Gasteiger partial charge in [-0.25, -0.2) is 13.1 Å². The fraction of sp³-hybridized carbons (Fsp3) is 0.222. The number of ether oxygens (including phenoxy) is 1. The van der Waals surface area contributed by atoms with Crippen LogP contribution >= 0.6 is 34.4 Å². The number of nitrogens with zero attached hydrogens (tertiary/aromatic N) is 2. The zero-order valence-corrected chi connectivity index (χ0v) is 18.8. The van der Waals surface area contributed by atoms with Crippen molar-refractivity contribution >= 4 is 44.4 Å². The van der Waals surface area contributed by atoms with Crippen LogP contribution in [0.4, 0.5) is 0 Å². The quantitative estimate of drug-likeness (QED) is 0.412. The van der Waals surface area contributed by atoms with Gasteiger partial charge in [-0.2, -0.15) is 27.2 Å². The Morgan fingerprint density at radius 3 is 2.39 bits per heavy atom. The minimum absolute atomic E-state index is 0.0866. The maximum absolute atomic E-state index is 12.4. The lowest BCUT2D eigenvalue weighted by Gasteiger charge is -2.07. The van der Waals surface area contributed by atoms with Crippen LogP contribution in [0.1, 0.15) is 17.0 Å². The summed E-state index contributed by atoms with van der Waals surface area (Å²) in [5, 5.41) is 10.8. The maximum Gasteiger partial charge on any atom is 0.240 e. The lowest BCUT2D eigenvalue weighted by Crippen LogP contribution is -2.24. The molecule has 0 spiro atoms. The lowest BCUT2D eigenvalue weighted by atomic mass is 10.2. The number of methoxy groups -OCH3 is 1. The molecule has 28 heavy (non-hydrogen) atoms. The van der Waals surface area contributed by atoms with Crippen LogP contribution in [-0.4, -0.2) is 30.9 Å². The molecule has 0 atom stereocenters. The number of aromatic amines is 1.